The molecule has 4 nitrogen and oxygen atoms in total. The van der Waals surface area contributed by atoms with Crippen molar-refractivity contribution in [3.63, 3.8) is 0 Å². The summed E-state index contributed by atoms with van der Waals surface area (Å²) in [6, 6.07) is 9.34. The summed E-state index contributed by atoms with van der Waals surface area (Å²) in [6.07, 6.45) is 3.00. The summed E-state index contributed by atoms with van der Waals surface area (Å²) in [4.78, 5) is 14.3. The van der Waals surface area contributed by atoms with Gasteiger partial charge in [-0.15, -0.1) is 0 Å². The fraction of sp³-hybridized carbons (Fsp3) is 0.312. The van der Waals surface area contributed by atoms with Crippen molar-refractivity contribution >= 4 is 17.3 Å². The number of aryl methyl sites for hydroxylation is 1. The van der Waals surface area contributed by atoms with Crippen molar-refractivity contribution in [2.24, 2.45) is 0 Å². The first-order valence-corrected chi connectivity index (χ1v) is 7.37. The molecule has 5 heteroatoms. The molecule has 110 valence electrons. The van der Waals surface area contributed by atoms with E-state index >= 15 is 0 Å². The molecule has 0 radical (unpaired) electrons. The third kappa shape index (κ3) is 2.90. The molecule has 0 aliphatic heterocycles. The van der Waals surface area contributed by atoms with Gasteiger partial charge >= 0.3 is 0 Å². The van der Waals surface area contributed by atoms with Crippen LogP contribution in [0.25, 0.3) is 0 Å². The highest BCUT2D eigenvalue weighted by Crippen LogP contribution is 2.33. The van der Waals surface area contributed by atoms with Gasteiger partial charge in [0, 0.05) is 17.4 Å². The molecule has 1 aromatic carbocycles. The Balaban J connectivity index is 1.86. The second kappa shape index (κ2) is 5.82. The van der Waals surface area contributed by atoms with E-state index in [2.05, 4.69) is 10.3 Å². The summed E-state index contributed by atoms with van der Waals surface area (Å²) in [5, 5.41) is 4.07. The summed E-state index contributed by atoms with van der Waals surface area (Å²) in [6.45, 7) is 0. The second-order valence-corrected chi connectivity index (χ2v) is 5.60. The molecular formula is C16H17ClN2O2. The molecule has 0 fully saturated rings. The van der Waals surface area contributed by atoms with Gasteiger partial charge in [-0.3, -0.25) is 4.79 Å². The van der Waals surface area contributed by atoms with Crippen molar-refractivity contribution in [2.75, 3.05) is 12.4 Å². The van der Waals surface area contributed by atoms with Gasteiger partial charge in [0.05, 0.1) is 18.2 Å². The molecule has 0 saturated heterocycles. The number of methoxy groups -OCH3 is 1. The quantitative estimate of drug-likeness (QED) is 0.912. The fourth-order valence-corrected chi connectivity index (χ4v) is 3.07. The molecule has 1 aliphatic rings. The van der Waals surface area contributed by atoms with Crippen LogP contribution in [-0.4, -0.2) is 12.1 Å². The molecule has 3 rings (SSSR count). The van der Waals surface area contributed by atoms with E-state index in [4.69, 9.17) is 16.3 Å². The highest BCUT2D eigenvalue weighted by molar-refractivity contribution is 6.32. The highest BCUT2D eigenvalue weighted by Gasteiger charge is 2.20. The Morgan fingerprint density at radius 3 is 2.95 bits per heavy atom. The third-order valence-electron chi connectivity index (χ3n) is 3.82. The van der Waals surface area contributed by atoms with Crippen LogP contribution >= 0.6 is 11.6 Å². The summed E-state index contributed by atoms with van der Waals surface area (Å²) in [5.74, 6) is 0.663. The highest BCUT2D eigenvalue weighted by atomic mass is 35.5. The van der Waals surface area contributed by atoms with Gasteiger partial charge in [-0.05, 0) is 49.1 Å². The number of benzene rings is 1. The number of H-pyrrole nitrogens is 1. The van der Waals surface area contributed by atoms with E-state index in [0.717, 1.165) is 36.2 Å². The molecular weight excluding hydrogens is 288 g/mol. The number of anilines is 1. The Hall–Kier alpha value is -1.94. The van der Waals surface area contributed by atoms with Gasteiger partial charge in [0.1, 0.15) is 5.75 Å². The summed E-state index contributed by atoms with van der Waals surface area (Å²) >= 11 is 6.16. The molecule has 2 aromatic rings. The maximum absolute atomic E-state index is 11.4. The van der Waals surface area contributed by atoms with Gasteiger partial charge in [0.2, 0.25) is 5.56 Å². The molecule has 21 heavy (non-hydrogen) atoms. The Labute approximate surface area is 128 Å². The fourth-order valence-electron chi connectivity index (χ4n) is 2.81. The summed E-state index contributed by atoms with van der Waals surface area (Å²) in [5.41, 5.74) is 3.10. The average Bonchev–Trinajstić information content (AvgIpc) is 2.47. The Morgan fingerprint density at radius 2 is 2.19 bits per heavy atom. The molecule has 0 saturated carbocycles. The minimum absolute atomic E-state index is 0.0399. The predicted octanol–water partition coefficient (Wildman–Crippen LogP) is 3.53. The number of aromatic nitrogens is 1. The van der Waals surface area contributed by atoms with Crippen molar-refractivity contribution < 1.29 is 4.74 Å². The van der Waals surface area contributed by atoms with E-state index in [1.165, 1.54) is 0 Å². The molecule has 1 atom stereocenters. The van der Waals surface area contributed by atoms with Gasteiger partial charge in [-0.2, -0.15) is 0 Å². The number of nitrogens with one attached hydrogen (secondary N) is 2. The van der Waals surface area contributed by atoms with Crippen LogP contribution in [0.2, 0.25) is 5.02 Å². The Morgan fingerprint density at radius 1 is 1.33 bits per heavy atom. The molecule has 1 aromatic heterocycles. The van der Waals surface area contributed by atoms with Gasteiger partial charge in [-0.1, -0.05) is 11.6 Å². The number of fused-ring (bicyclic) bond motifs is 1. The van der Waals surface area contributed by atoms with Crippen molar-refractivity contribution in [2.45, 2.75) is 25.3 Å². The van der Waals surface area contributed by atoms with E-state index in [0.29, 0.717) is 10.8 Å². The Bertz CT molecular complexity index is 712. The number of pyridine rings is 1. The van der Waals surface area contributed by atoms with Crippen LogP contribution in [0.3, 0.4) is 0 Å². The van der Waals surface area contributed by atoms with E-state index in [1.54, 1.807) is 13.2 Å². The summed E-state index contributed by atoms with van der Waals surface area (Å²) in [7, 11) is 1.60. The van der Waals surface area contributed by atoms with Gasteiger partial charge < -0.3 is 15.0 Å². The second-order valence-electron chi connectivity index (χ2n) is 5.19. The molecule has 1 aliphatic carbocycles. The van der Waals surface area contributed by atoms with Crippen LogP contribution in [0.5, 0.6) is 5.75 Å². The zero-order valence-electron chi connectivity index (χ0n) is 11.8. The number of rotatable bonds is 3. The molecule has 1 heterocycles. The van der Waals surface area contributed by atoms with Gasteiger partial charge in [0.25, 0.3) is 0 Å². The maximum atomic E-state index is 11.4. The predicted molar refractivity (Wildman–Crippen MR) is 84.4 cm³/mol. The third-order valence-corrected chi connectivity index (χ3v) is 4.12. The van der Waals surface area contributed by atoms with E-state index < -0.39 is 0 Å². The van der Waals surface area contributed by atoms with Crippen LogP contribution in [-0.2, 0) is 6.42 Å². The standard InChI is InChI=1S/C16H17ClN2O2/c1-21-15-7-5-10(9-12(15)17)18-13-3-2-4-14-11(13)6-8-16(20)19-14/h5-9,13,18H,2-4H2,1H3,(H,19,20). The topological polar surface area (TPSA) is 54.1 Å². The lowest BCUT2D eigenvalue weighted by atomic mass is 9.91. The summed E-state index contributed by atoms with van der Waals surface area (Å²) < 4.78 is 5.16. The lowest BCUT2D eigenvalue weighted by Gasteiger charge is -2.27. The molecule has 0 amide bonds. The number of halogens is 1. The van der Waals surface area contributed by atoms with Crippen molar-refractivity contribution in [1.29, 1.82) is 0 Å². The average molecular weight is 305 g/mol. The van der Waals surface area contributed by atoms with Crippen LogP contribution in [0, 0.1) is 0 Å². The number of aromatic amines is 1. The van der Waals surface area contributed by atoms with E-state index in [1.807, 2.05) is 24.3 Å². The van der Waals surface area contributed by atoms with Crippen LogP contribution < -0.4 is 15.6 Å². The first kappa shape index (κ1) is 14.0. The zero-order chi connectivity index (χ0) is 14.8. The molecule has 0 spiro atoms. The van der Waals surface area contributed by atoms with Crippen molar-refractivity contribution in [1.82, 2.24) is 4.98 Å². The molecule has 1 unspecified atom stereocenters. The van der Waals surface area contributed by atoms with Gasteiger partial charge in [-0.25, -0.2) is 0 Å². The Kier molecular flexibility index (Phi) is 3.88. The van der Waals surface area contributed by atoms with Crippen LogP contribution in [0.1, 0.15) is 30.1 Å². The number of hydrogen-bond acceptors (Lipinski definition) is 3. The normalized spacial score (nSPS) is 17.1. The monoisotopic (exact) mass is 304 g/mol. The van der Waals surface area contributed by atoms with Crippen LogP contribution in [0.4, 0.5) is 5.69 Å². The lowest BCUT2D eigenvalue weighted by Crippen LogP contribution is -2.21. The van der Waals surface area contributed by atoms with Gasteiger partial charge in [0.15, 0.2) is 0 Å². The largest absolute Gasteiger partial charge is 0.495 e. The minimum Gasteiger partial charge on any atom is -0.495 e. The first-order chi connectivity index (χ1) is 10.2. The van der Waals surface area contributed by atoms with Crippen LogP contribution in [0.15, 0.2) is 35.1 Å². The smallest absolute Gasteiger partial charge is 0.248 e. The number of ether oxygens (including phenoxy) is 1. The van der Waals surface area contributed by atoms with E-state index in [-0.39, 0.29) is 11.6 Å². The lowest BCUT2D eigenvalue weighted by molar-refractivity contribution is 0.415. The number of hydrogen-bond donors (Lipinski definition) is 2. The zero-order valence-corrected chi connectivity index (χ0v) is 12.5. The maximum Gasteiger partial charge on any atom is 0.248 e. The SMILES string of the molecule is COc1ccc(NC2CCCc3[nH]c(=O)ccc32)cc1Cl. The molecule has 2 N–H and O–H groups in total. The first-order valence-electron chi connectivity index (χ1n) is 6.99. The minimum atomic E-state index is -0.0399. The van der Waals surface area contributed by atoms with Crippen molar-refractivity contribution in [3.05, 3.63) is 57.0 Å². The molecule has 0 bridgehead atoms. The van der Waals surface area contributed by atoms with Crippen molar-refractivity contribution in [3.8, 4) is 5.75 Å². The van der Waals surface area contributed by atoms with E-state index in [9.17, 15) is 4.79 Å².